The lowest BCUT2D eigenvalue weighted by atomic mass is 10.1. The Morgan fingerprint density at radius 3 is 2.48 bits per heavy atom. The Morgan fingerprint density at radius 1 is 1.19 bits per heavy atom. The SMILES string of the molecule is Cc1cc(COC(=O)N2CCCCC2)cc(C(F)(F)F)c1. The van der Waals surface area contributed by atoms with Crippen molar-refractivity contribution in [2.75, 3.05) is 13.1 Å². The maximum Gasteiger partial charge on any atom is 0.416 e. The van der Waals surface area contributed by atoms with E-state index < -0.39 is 17.8 Å². The highest BCUT2D eigenvalue weighted by Crippen LogP contribution is 2.30. The summed E-state index contributed by atoms with van der Waals surface area (Å²) >= 11 is 0. The molecule has 0 atom stereocenters. The molecule has 0 saturated carbocycles. The topological polar surface area (TPSA) is 29.5 Å². The van der Waals surface area contributed by atoms with Crippen molar-refractivity contribution in [2.24, 2.45) is 0 Å². The second-order valence-electron chi connectivity index (χ2n) is 5.31. The van der Waals surface area contributed by atoms with Crippen LogP contribution in [-0.2, 0) is 17.5 Å². The van der Waals surface area contributed by atoms with Crippen LogP contribution in [0.5, 0.6) is 0 Å². The molecule has 1 saturated heterocycles. The van der Waals surface area contributed by atoms with Crippen LogP contribution in [0.1, 0.15) is 36.0 Å². The molecule has 1 fully saturated rings. The van der Waals surface area contributed by atoms with Gasteiger partial charge in [0, 0.05) is 13.1 Å². The summed E-state index contributed by atoms with van der Waals surface area (Å²) in [5.74, 6) is 0. The highest BCUT2D eigenvalue weighted by atomic mass is 19.4. The molecule has 1 aromatic rings. The van der Waals surface area contributed by atoms with Gasteiger partial charge in [0.05, 0.1) is 5.56 Å². The van der Waals surface area contributed by atoms with Crippen LogP contribution in [0.25, 0.3) is 0 Å². The zero-order chi connectivity index (χ0) is 15.5. The zero-order valence-corrected chi connectivity index (χ0v) is 11.9. The van der Waals surface area contributed by atoms with E-state index in [9.17, 15) is 18.0 Å². The number of amides is 1. The molecule has 3 nitrogen and oxygen atoms in total. The normalized spacial score (nSPS) is 15.9. The highest BCUT2D eigenvalue weighted by Gasteiger charge is 2.31. The monoisotopic (exact) mass is 301 g/mol. The van der Waals surface area contributed by atoms with Crippen molar-refractivity contribution in [1.82, 2.24) is 4.90 Å². The van der Waals surface area contributed by atoms with Crippen LogP contribution in [0.3, 0.4) is 0 Å². The van der Waals surface area contributed by atoms with Crippen molar-refractivity contribution >= 4 is 6.09 Å². The van der Waals surface area contributed by atoms with Gasteiger partial charge in [-0.15, -0.1) is 0 Å². The first kappa shape index (κ1) is 15.7. The number of likely N-dealkylation sites (tertiary alicyclic amines) is 1. The largest absolute Gasteiger partial charge is 0.445 e. The first-order chi connectivity index (χ1) is 9.86. The van der Waals surface area contributed by atoms with E-state index in [2.05, 4.69) is 0 Å². The zero-order valence-electron chi connectivity index (χ0n) is 11.9. The van der Waals surface area contributed by atoms with E-state index in [4.69, 9.17) is 4.74 Å². The van der Waals surface area contributed by atoms with Gasteiger partial charge < -0.3 is 9.64 Å². The number of rotatable bonds is 2. The van der Waals surface area contributed by atoms with Crippen molar-refractivity contribution in [1.29, 1.82) is 0 Å². The standard InChI is InChI=1S/C15H18F3NO2/c1-11-7-12(9-13(8-11)15(16,17)18)10-21-14(20)19-5-3-2-4-6-19/h7-9H,2-6,10H2,1H3. The Kier molecular flexibility index (Phi) is 4.75. The quantitative estimate of drug-likeness (QED) is 0.821. The lowest BCUT2D eigenvalue weighted by Gasteiger charge is -2.25. The van der Waals surface area contributed by atoms with Gasteiger partial charge in [-0.3, -0.25) is 0 Å². The Hall–Kier alpha value is -1.72. The van der Waals surface area contributed by atoms with Gasteiger partial charge in [0.15, 0.2) is 0 Å². The summed E-state index contributed by atoms with van der Waals surface area (Å²) < 4.78 is 43.3. The average molecular weight is 301 g/mol. The van der Waals surface area contributed by atoms with E-state index in [-0.39, 0.29) is 6.61 Å². The predicted octanol–water partition coefficient (Wildman–Crippen LogP) is 4.14. The first-order valence-electron chi connectivity index (χ1n) is 6.96. The Labute approximate surface area is 121 Å². The van der Waals surface area contributed by atoms with Crippen LogP contribution in [0.4, 0.5) is 18.0 Å². The molecule has 1 aromatic carbocycles. The van der Waals surface area contributed by atoms with Crippen LogP contribution in [-0.4, -0.2) is 24.1 Å². The predicted molar refractivity (Wildman–Crippen MR) is 71.8 cm³/mol. The van der Waals surface area contributed by atoms with E-state index in [1.807, 2.05) is 0 Å². The van der Waals surface area contributed by atoms with Crippen molar-refractivity contribution in [2.45, 2.75) is 39.0 Å². The van der Waals surface area contributed by atoms with Crippen LogP contribution < -0.4 is 0 Å². The highest BCUT2D eigenvalue weighted by molar-refractivity contribution is 5.67. The Bertz CT molecular complexity index is 508. The number of hydrogen-bond donors (Lipinski definition) is 0. The molecular weight excluding hydrogens is 283 g/mol. The fraction of sp³-hybridized carbons (Fsp3) is 0.533. The molecule has 0 aromatic heterocycles. The number of nitrogens with zero attached hydrogens (tertiary/aromatic N) is 1. The van der Waals surface area contributed by atoms with Crippen molar-refractivity contribution in [3.8, 4) is 0 Å². The fourth-order valence-corrected chi connectivity index (χ4v) is 2.42. The van der Waals surface area contributed by atoms with Gasteiger partial charge in [-0.25, -0.2) is 4.79 Å². The molecule has 6 heteroatoms. The number of aryl methyl sites for hydroxylation is 1. The number of piperidine rings is 1. The van der Waals surface area contributed by atoms with Crippen molar-refractivity contribution in [3.63, 3.8) is 0 Å². The van der Waals surface area contributed by atoms with E-state index in [1.54, 1.807) is 17.9 Å². The summed E-state index contributed by atoms with van der Waals surface area (Å²) in [4.78, 5) is 13.4. The maximum absolute atomic E-state index is 12.7. The summed E-state index contributed by atoms with van der Waals surface area (Å²) in [5.41, 5.74) is 0.132. The molecule has 0 radical (unpaired) electrons. The molecule has 1 aliphatic heterocycles. The smallest absolute Gasteiger partial charge is 0.416 e. The molecule has 21 heavy (non-hydrogen) atoms. The van der Waals surface area contributed by atoms with Crippen LogP contribution in [0.15, 0.2) is 18.2 Å². The molecule has 0 unspecified atom stereocenters. The van der Waals surface area contributed by atoms with Gasteiger partial charge >= 0.3 is 12.3 Å². The van der Waals surface area contributed by atoms with Gasteiger partial charge in [-0.2, -0.15) is 13.2 Å². The summed E-state index contributed by atoms with van der Waals surface area (Å²) in [6, 6.07) is 3.70. The van der Waals surface area contributed by atoms with Gasteiger partial charge in [0.25, 0.3) is 0 Å². The second-order valence-corrected chi connectivity index (χ2v) is 5.31. The fourth-order valence-electron chi connectivity index (χ4n) is 2.42. The minimum Gasteiger partial charge on any atom is -0.445 e. The molecule has 0 N–H and O–H groups in total. The molecular formula is C15H18F3NO2. The minimum atomic E-state index is -4.39. The van der Waals surface area contributed by atoms with Gasteiger partial charge in [0.1, 0.15) is 6.61 Å². The lowest BCUT2D eigenvalue weighted by Crippen LogP contribution is -2.35. The molecule has 0 spiro atoms. The van der Waals surface area contributed by atoms with Gasteiger partial charge in [-0.1, -0.05) is 11.6 Å². The van der Waals surface area contributed by atoms with Gasteiger partial charge in [0.2, 0.25) is 0 Å². The molecule has 0 bridgehead atoms. The van der Waals surface area contributed by atoms with Gasteiger partial charge in [-0.05, 0) is 43.9 Å². The van der Waals surface area contributed by atoms with E-state index in [1.165, 1.54) is 0 Å². The minimum absolute atomic E-state index is 0.139. The maximum atomic E-state index is 12.7. The number of halogens is 3. The molecule has 1 heterocycles. The van der Waals surface area contributed by atoms with Crippen molar-refractivity contribution in [3.05, 3.63) is 34.9 Å². The summed E-state index contributed by atoms with van der Waals surface area (Å²) in [5, 5.41) is 0. The number of carbonyl (C=O) groups is 1. The lowest BCUT2D eigenvalue weighted by molar-refractivity contribution is -0.137. The summed E-state index contributed by atoms with van der Waals surface area (Å²) in [7, 11) is 0. The Balaban J connectivity index is 1.99. The van der Waals surface area contributed by atoms with E-state index in [0.717, 1.165) is 31.4 Å². The van der Waals surface area contributed by atoms with Crippen molar-refractivity contribution < 1.29 is 22.7 Å². The number of alkyl halides is 3. The third-order valence-electron chi connectivity index (χ3n) is 3.44. The number of carbonyl (C=O) groups excluding carboxylic acids is 1. The van der Waals surface area contributed by atoms with E-state index >= 15 is 0 Å². The number of ether oxygens (including phenoxy) is 1. The van der Waals surface area contributed by atoms with Crippen LogP contribution in [0.2, 0.25) is 0 Å². The third-order valence-corrected chi connectivity index (χ3v) is 3.44. The van der Waals surface area contributed by atoms with E-state index in [0.29, 0.717) is 24.2 Å². The van der Waals surface area contributed by atoms with Crippen LogP contribution in [0, 0.1) is 6.92 Å². The summed E-state index contributed by atoms with van der Waals surface area (Å²) in [6.07, 6.45) is -1.87. The average Bonchev–Trinajstić information content (AvgIpc) is 2.44. The molecule has 2 rings (SSSR count). The molecule has 1 amide bonds. The third kappa shape index (κ3) is 4.37. The summed E-state index contributed by atoms with van der Waals surface area (Å²) in [6.45, 7) is 2.76. The Morgan fingerprint density at radius 2 is 1.86 bits per heavy atom. The number of hydrogen-bond acceptors (Lipinski definition) is 2. The number of benzene rings is 1. The molecule has 0 aliphatic carbocycles. The molecule has 1 aliphatic rings. The molecule has 116 valence electrons. The second kappa shape index (κ2) is 6.37. The first-order valence-corrected chi connectivity index (χ1v) is 6.96. The van der Waals surface area contributed by atoms with Crippen LogP contribution >= 0.6 is 0 Å².